The number of benzene rings is 1. The average molecular weight is 311 g/mol. The van der Waals surface area contributed by atoms with Gasteiger partial charge in [0.05, 0.1) is 12.0 Å². The van der Waals surface area contributed by atoms with Gasteiger partial charge in [-0.3, -0.25) is 9.59 Å². The largest absolute Gasteiger partial charge is 0.467 e. The van der Waals surface area contributed by atoms with Gasteiger partial charge >= 0.3 is 0 Å². The smallest absolute Gasteiger partial charge is 0.240 e. The molecule has 2 aromatic rings. The van der Waals surface area contributed by atoms with Crippen LogP contribution >= 0.6 is 0 Å². The van der Waals surface area contributed by atoms with Gasteiger partial charge in [0, 0.05) is 31.5 Å². The van der Waals surface area contributed by atoms with E-state index in [-0.39, 0.29) is 17.9 Å². The van der Waals surface area contributed by atoms with Crippen molar-refractivity contribution in [2.24, 2.45) is 5.10 Å². The molecule has 0 spiro atoms. The lowest BCUT2D eigenvalue weighted by atomic mass is 10.0. The van der Waals surface area contributed by atoms with Crippen LogP contribution in [0.2, 0.25) is 0 Å². The van der Waals surface area contributed by atoms with Crippen molar-refractivity contribution in [2.75, 3.05) is 5.32 Å². The van der Waals surface area contributed by atoms with Gasteiger partial charge in [-0.05, 0) is 18.2 Å². The van der Waals surface area contributed by atoms with Crippen molar-refractivity contribution in [3.05, 3.63) is 54.0 Å². The number of anilines is 1. The summed E-state index contributed by atoms with van der Waals surface area (Å²) in [6.07, 6.45) is 2.11. The third kappa shape index (κ3) is 3.01. The Bertz CT molecular complexity index is 765. The van der Waals surface area contributed by atoms with Gasteiger partial charge in [0.25, 0.3) is 0 Å². The summed E-state index contributed by atoms with van der Waals surface area (Å²) in [5, 5.41) is 8.68. The zero-order valence-electron chi connectivity index (χ0n) is 12.9. The van der Waals surface area contributed by atoms with E-state index in [1.807, 2.05) is 30.3 Å². The highest BCUT2D eigenvalue weighted by Crippen LogP contribution is 2.34. The number of amides is 2. The molecule has 0 aliphatic carbocycles. The molecule has 0 saturated carbocycles. The molecule has 1 aromatic carbocycles. The number of rotatable bonds is 3. The van der Waals surface area contributed by atoms with E-state index in [4.69, 9.17) is 4.42 Å². The molecule has 0 fully saturated rings. The first kappa shape index (κ1) is 15.0. The molecule has 3 rings (SSSR count). The minimum absolute atomic E-state index is 0.151. The third-order valence-electron chi connectivity index (χ3n) is 3.65. The Morgan fingerprint density at radius 3 is 2.65 bits per heavy atom. The Morgan fingerprint density at radius 2 is 2.00 bits per heavy atom. The Labute approximate surface area is 133 Å². The summed E-state index contributed by atoms with van der Waals surface area (Å²) < 4.78 is 5.44. The number of hydrogen-bond donors (Lipinski definition) is 1. The molecule has 6 heteroatoms. The summed E-state index contributed by atoms with van der Waals surface area (Å²) in [6.45, 7) is 2.93. The summed E-state index contributed by atoms with van der Waals surface area (Å²) in [4.78, 5) is 23.3. The van der Waals surface area contributed by atoms with Gasteiger partial charge in [-0.2, -0.15) is 5.10 Å². The number of hydrazone groups is 1. The normalized spacial score (nSPS) is 17.0. The maximum absolute atomic E-state index is 11.9. The minimum atomic E-state index is -0.261. The molecule has 2 heterocycles. The van der Waals surface area contributed by atoms with Gasteiger partial charge in [-0.1, -0.05) is 18.2 Å². The SMILES string of the molecule is CC(=O)Nc1ccccc1C1=NN(C(C)=O)C(c2ccco2)C1. The fourth-order valence-electron chi connectivity index (χ4n) is 2.70. The van der Waals surface area contributed by atoms with Crippen LogP contribution < -0.4 is 5.32 Å². The number of para-hydroxylation sites is 1. The molecule has 2 amide bonds. The summed E-state index contributed by atoms with van der Waals surface area (Å²) >= 11 is 0. The maximum atomic E-state index is 11.9. The molecular formula is C17H17N3O3. The zero-order chi connectivity index (χ0) is 16.4. The quantitative estimate of drug-likeness (QED) is 0.947. The summed E-state index contributed by atoms with van der Waals surface area (Å²) in [5.74, 6) is 0.386. The molecule has 1 unspecified atom stereocenters. The highest BCUT2D eigenvalue weighted by atomic mass is 16.3. The van der Waals surface area contributed by atoms with Gasteiger partial charge in [0.2, 0.25) is 11.8 Å². The molecule has 1 atom stereocenters. The van der Waals surface area contributed by atoms with Crippen molar-refractivity contribution in [2.45, 2.75) is 26.3 Å². The summed E-state index contributed by atoms with van der Waals surface area (Å²) in [5.41, 5.74) is 2.23. The van der Waals surface area contributed by atoms with Crippen LogP contribution in [-0.4, -0.2) is 22.5 Å². The van der Waals surface area contributed by atoms with Crippen LogP contribution in [0.3, 0.4) is 0 Å². The van der Waals surface area contributed by atoms with Crippen LogP contribution in [0.1, 0.15) is 37.6 Å². The standard InChI is InChI=1S/C17H17N3O3/c1-11(21)18-14-7-4-3-6-13(14)15-10-16(17-8-5-9-23-17)20(19-15)12(2)22/h3-9,16H,10H2,1-2H3,(H,18,21). The van der Waals surface area contributed by atoms with E-state index < -0.39 is 0 Å². The van der Waals surface area contributed by atoms with Crippen molar-refractivity contribution in [1.82, 2.24) is 5.01 Å². The molecule has 23 heavy (non-hydrogen) atoms. The van der Waals surface area contributed by atoms with E-state index >= 15 is 0 Å². The lowest BCUT2D eigenvalue weighted by molar-refractivity contribution is -0.130. The van der Waals surface area contributed by atoms with Gasteiger partial charge < -0.3 is 9.73 Å². The van der Waals surface area contributed by atoms with Crippen LogP contribution in [0, 0.1) is 0 Å². The van der Waals surface area contributed by atoms with Crippen LogP contribution in [0.4, 0.5) is 5.69 Å². The van der Waals surface area contributed by atoms with Crippen molar-refractivity contribution >= 4 is 23.2 Å². The van der Waals surface area contributed by atoms with E-state index in [9.17, 15) is 9.59 Å². The average Bonchev–Trinajstić information content (AvgIpc) is 3.16. The molecular weight excluding hydrogens is 294 g/mol. The second-order valence-corrected chi connectivity index (χ2v) is 5.37. The lowest BCUT2D eigenvalue weighted by Crippen LogP contribution is -2.23. The molecule has 0 bridgehead atoms. The lowest BCUT2D eigenvalue weighted by Gasteiger charge is -2.17. The monoisotopic (exact) mass is 311 g/mol. The van der Waals surface area contributed by atoms with E-state index in [2.05, 4.69) is 10.4 Å². The number of nitrogens with zero attached hydrogens (tertiary/aromatic N) is 2. The van der Waals surface area contributed by atoms with Crippen LogP contribution in [0.5, 0.6) is 0 Å². The Kier molecular flexibility index (Phi) is 3.97. The van der Waals surface area contributed by atoms with Gasteiger partial charge in [-0.15, -0.1) is 0 Å². The number of nitrogens with one attached hydrogen (secondary N) is 1. The molecule has 1 N–H and O–H groups in total. The van der Waals surface area contributed by atoms with Gasteiger partial charge in [0.1, 0.15) is 11.8 Å². The second-order valence-electron chi connectivity index (χ2n) is 5.37. The first-order chi connectivity index (χ1) is 11.1. The third-order valence-corrected chi connectivity index (χ3v) is 3.65. The fraction of sp³-hybridized carbons (Fsp3) is 0.235. The first-order valence-corrected chi connectivity index (χ1v) is 7.34. The molecule has 0 saturated heterocycles. The van der Waals surface area contributed by atoms with Crippen molar-refractivity contribution in [3.63, 3.8) is 0 Å². The molecule has 1 aromatic heterocycles. The molecule has 118 valence electrons. The van der Waals surface area contributed by atoms with E-state index in [0.29, 0.717) is 17.9 Å². The molecule has 6 nitrogen and oxygen atoms in total. The first-order valence-electron chi connectivity index (χ1n) is 7.34. The van der Waals surface area contributed by atoms with Crippen LogP contribution in [-0.2, 0) is 9.59 Å². The van der Waals surface area contributed by atoms with Gasteiger partial charge in [-0.25, -0.2) is 5.01 Å². The van der Waals surface area contributed by atoms with Gasteiger partial charge in [0.15, 0.2) is 0 Å². The highest BCUT2D eigenvalue weighted by Gasteiger charge is 2.33. The second kappa shape index (κ2) is 6.08. The number of carbonyl (C=O) groups excluding carboxylic acids is 2. The number of furan rings is 1. The maximum Gasteiger partial charge on any atom is 0.240 e. The van der Waals surface area contributed by atoms with E-state index in [0.717, 1.165) is 11.3 Å². The predicted molar refractivity (Wildman–Crippen MR) is 85.9 cm³/mol. The molecule has 1 aliphatic rings. The number of carbonyl (C=O) groups is 2. The van der Waals surface area contributed by atoms with Crippen molar-refractivity contribution in [1.29, 1.82) is 0 Å². The summed E-state index contributed by atoms with van der Waals surface area (Å²) in [7, 11) is 0. The molecule has 1 aliphatic heterocycles. The fourth-order valence-corrected chi connectivity index (χ4v) is 2.70. The highest BCUT2D eigenvalue weighted by molar-refractivity contribution is 6.09. The van der Waals surface area contributed by atoms with Crippen LogP contribution in [0.25, 0.3) is 0 Å². The summed E-state index contributed by atoms with van der Waals surface area (Å²) in [6, 6.07) is 10.8. The van der Waals surface area contributed by atoms with Crippen molar-refractivity contribution < 1.29 is 14.0 Å². The Hall–Kier alpha value is -2.89. The topological polar surface area (TPSA) is 74.9 Å². The zero-order valence-corrected chi connectivity index (χ0v) is 12.9. The van der Waals surface area contributed by atoms with Crippen LogP contribution in [0.15, 0.2) is 52.2 Å². The predicted octanol–water partition coefficient (Wildman–Crippen LogP) is 2.94. The van der Waals surface area contributed by atoms with E-state index in [1.165, 1.54) is 18.9 Å². The Morgan fingerprint density at radius 1 is 1.22 bits per heavy atom. The number of hydrogen-bond acceptors (Lipinski definition) is 4. The van der Waals surface area contributed by atoms with Crippen molar-refractivity contribution in [3.8, 4) is 0 Å². The van der Waals surface area contributed by atoms with E-state index in [1.54, 1.807) is 12.3 Å². The minimum Gasteiger partial charge on any atom is -0.467 e. The molecule has 0 radical (unpaired) electrons. The Balaban J connectivity index is 1.96.